The van der Waals surface area contributed by atoms with Crippen molar-refractivity contribution in [2.75, 3.05) is 33.0 Å². The minimum absolute atomic E-state index is 0.130. The van der Waals surface area contributed by atoms with Gasteiger partial charge < -0.3 is 154 Å². The Labute approximate surface area is 505 Å². The standard InChI is InChI=1S/C56H90O32/c1-19-12-55-10-6-26-53(3,27(55)7-11-56(19,18-55)88-51-45(86-46-38(72)34(68)28(62)20(2)77-46)43(33(67)25(17-61)82-51)84-48-40(74)36(70)30(64)22(14-58)79-48)8-5-9-54(26,4)52(76)87-50-44(85-49-41(75)37(71)31(65)23(15-59)80-49)42(32(66)24(16-60)81-50)83-47-39(73)35(69)29(63)21(13-57)78-47/h20-51,57-75H,1,5-18H2,2-4H3/t20?,21?,22?,23?,24?,25?,26-,27-,28?,29?,30?,31?,32?,33?,34?,35?,36?,37?,38?,39?,40?,41?,42?,43?,44?,45?,46?,47?,48?,49?,50?,51?,53+,54+,55?,56?/m0/s1. The number of rotatable bonds is 17. The van der Waals surface area contributed by atoms with Crippen molar-refractivity contribution in [2.45, 2.75) is 268 Å². The second-order valence-corrected chi connectivity index (χ2v) is 26.4. The van der Waals surface area contributed by atoms with Gasteiger partial charge in [0.25, 0.3) is 0 Å². The molecule has 36 atom stereocenters. The highest BCUT2D eigenvalue weighted by atomic mass is 16.8. The van der Waals surface area contributed by atoms with Crippen LogP contribution in [0.3, 0.4) is 0 Å². The Morgan fingerprint density at radius 1 is 0.455 bits per heavy atom. The number of hydrogen-bond donors (Lipinski definition) is 19. The van der Waals surface area contributed by atoms with Gasteiger partial charge in [-0.05, 0) is 93.5 Å². The zero-order valence-corrected chi connectivity index (χ0v) is 48.9. The maximum absolute atomic E-state index is 15.4. The van der Waals surface area contributed by atoms with Gasteiger partial charge >= 0.3 is 5.97 Å². The van der Waals surface area contributed by atoms with Crippen LogP contribution in [0, 0.1) is 28.1 Å². The number of carbonyl (C=O) groups is 1. The summed E-state index contributed by atoms with van der Waals surface area (Å²) in [5.74, 6) is -1.38. The van der Waals surface area contributed by atoms with Crippen molar-refractivity contribution < 1.29 is 159 Å². The number of aliphatic hydroxyl groups excluding tert-OH is 19. The summed E-state index contributed by atoms with van der Waals surface area (Å²) in [7, 11) is 0. The van der Waals surface area contributed by atoms with Gasteiger partial charge in [0.1, 0.15) is 134 Å². The molecule has 4 saturated carbocycles. The van der Waals surface area contributed by atoms with Crippen LogP contribution in [0.2, 0.25) is 0 Å². The van der Waals surface area contributed by atoms with E-state index in [0.29, 0.717) is 50.5 Å². The highest BCUT2D eigenvalue weighted by Gasteiger charge is 2.70. The molecular formula is C56H90O32. The molecule has 88 heavy (non-hydrogen) atoms. The maximum Gasteiger partial charge on any atom is 0.314 e. The molecule has 10 rings (SSSR count). The number of ether oxygens (including phenoxy) is 12. The highest BCUT2D eigenvalue weighted by molar-refractivity contribution is 5.77. The van der Waals surface area contributed by atoms with E-state index in [1.165, 1.54) is 6.92 Å². The number of carbonyl (C=O) groups excluding carboxylic acids is 1. The summed E-state index contributed by atoms with van der Waals surface area (Å²) < 4.78 is 73.2. The van der Waals surface area contributed by atoms with E-state index in [1.807, 2.05) is 0 Å². The second kappa shape index (κ2) is 26.7. The third-order valence-electron chi connectivity index (χ3n) is 21.3. The molecule has 506 valence electrons. The van der Waals surface area contributed by atoms with E-state index in [4.69, 9.17) is 56.8 Å². The van der Waals surface area contributed by atoms with E-state index >= 15 is 4.79 Å². The Bertz CT molecular complexity index is 2380. The predicted molar refractivity (Wildman–Crippen MR) is 283 cm³/mol. The summed E-state index contributed by atoms with van der Waals surface area (Å²) in [6.07, 6.45) is -50.1. The molecule has 0 aromatic carbocycles. The Morgan fingerprint density at radius 2 is 0.841 bits per heavy atom. The van der Waals surface area contributed by atoms with E-state index in [1.54, 1.807) is 6.92 Å². The average Bonchev–Trinajstić information content (AvgIpc) is 0.966. The van der Waals surface area contributed by atoms with Crippen LogP contribution in [0.25, 0.3) is 0 Å². The molecule has 10 aliphatic rings. The fourth-order valence-corrected chi connectivity index (χ4v) is 16.4. The molecule has 1 spiro atoms. The smallest absolute Gasteiger partial charge is 0.314 e. The fraction of sp³-hybridized carbons (Fsp3) is 0.946. The third-order valence-corrected chi connectivity index (χ3v) is 21.3. The molecule has 32 nitrogen and oxygen atoms in total. The summed E-state index contributed by atoms with van der Waals surface area (Å²) in [6.45, 7) is 5.42. The summed E-state index contributed by atoms with van der Waals surface area (Å²) in [6, 6.07) is 0. The molecule has 0 amide bonds. The van der Waals surface area contributed by atoms with E-state index in [-0.39, 0.29) is 18.8 Å². The molecule has 6 heterocycles. The van der Waals surface area contributed by atoms with Crippen LogP contribution in [-0.2, 0) is 61.6 Å². The molecule has 6 aliphatic heterocycles. The van der Waals surface area contributed by atoms with Gasteiger partial charge in [0, 0.05) is 0 Å². The summed E-state index contributed by atoms with van der Waals surface area (Å²) in [5, 5.41) is 205. The lowest BCUT2D eigenvalue weighted by molar-refractivity contribution is -0.398. The van der Waals surface area contributed by atoms with Gasteiger partial charge in [0.05, 0.1) is 50.2 Å². The molecular weight excluding hydrogens is 1180 g/mol. The Morgan fingerprint density at radius 3 is 1.31 bits per heavy atom. The van der Waals surface area contributed by atoms with Crippen LogP contribution < -0.4 is 0 Å². The number of esters is 1. The van der Waals surface area contributed by atoms with Crippen molar-refractivity contribution in [2.24, 2.45) is 28.1 Å². The Hall–Kier alpha value is -1.99. The third kappa shape index (κ3) is 12.0. The lowest BCUT2D eigenvalue weighted by Gasteiger charge is -2.64. The molecule has 10 fully saturated rings. The summed E-state index contributed by atoms with van der Waals surface area (Å²) in [4.78, 5) is 15.4. The first kappa shape index (κ1) is 68.9. The van der Waals surface area contributed by atoms with Crippen LogP contribution >= 0.6 is 0 Å². The quantitative estimate of drug-likeness (QED) is 0.0365. The summed E-state index contributed by atoms with van der Waals surface area (Å²) >= 11 is 0. The van der Waals surface area contributed by atoms with Crippen molar-refractivity contribution in [1.82, 2.24) is 0 Å². The van der Waals surface area contributed by atoms with Crippen molar-refractivity contribution in [3.63, 3.8) is 0 Å². The lowest BCUT2D eigenvalue weighted by atomic mass is 9.41. The van der Waals surface area contributed by atoms with Crippen LogP contribution in [0.4, 0.5) is 0 Å². The van der Waals surface area contributed by atoms with Gasteiger partial charge in [-0.1, -0.05) is 19.9 Å². The monoisotopic (exact) mass is 1270 g/mol. The molecule has 0 aromatic heterocycles. The maximum atomic E-state index is 15.4. The second-order valence-electron chi connectivity index (χ2n) is 26.4. The molecule has 0 radical (unpaired) electrons. The number of hydrogen-bond acceptors (Lipinski definition) is 32. The first-order valence-electron chi connectivity index (χ1n) is 30.3. The fourth-order valence-electron chi connectivity index (χ4n) is 16.4. The molecule has 2 bridgehead atoms. The molecule has 4 aliphatic carbocycles. The minimum atomic E-state index is -2.07. The molecule has 6 saturated heterocycles. The van der Waals surface area contributed by atoms with Gasteiger partial charge in [-0.15, -0.1) is 0 Å². The van der Waals surface area contributed by atoms with E-state index < -0.39 is 251 Å². The SMILES string of the molecule is C=C1CC23CC[C@H]4[C@@](C)(CCC[C@@]4(C)C(=O)OC4OC(CO)C(O)C(OC5OC(CO)C(O)C(O)C5O)C4OC4OC(CO)C(O)C(O)C4O)[C@@H]2CCC1(OC1OC(CO)C(O)C(OC2OC(CO)C(O)C(O)C2O)C1OC1OC(C)C(O)C(O)C1O)C3. The molecule has 19 N–H and O–H groups in total. The average molecular weight is 1280 g/mol. The largest absolute Gasteiger partial charge is 0.432 e. The van der Waals surface area contributed by atoms with Gasteiger partial charge in [0.15, 0.2) is 37.6 Å². The minimum Gasteiger partial charge on any atom is -0.432 e. The van der Waals surface area contributed by atoms with Crippen molar-refractivity contribution in [3.05, 3.63) is 12.2 Å². The van der Waals surface area contributed by atoms with Crippen LogP contribution in [0.1, 0.15) is 78.6 Å². The zero-order chi connectivity index (χ0) is 64.0. The Kier molecular flexibility index (Phi) is 20.9. The molecule has 0 aromatic rings. The summed E-state index contributed by atoms with van der Waals surface area (Å²) in [5.41, 5.74) is -3.10. The van der Waals surface area contributed by atoms with Crippen LogP contribution in [-0.4, -0.2) is 326 Å². The normalized spacial score (nSPS) is 55.0. The number of aliphatic hydroxyl groups is 19. The van der Waals surface area contributed by atoms with Crippen LogP contribution in [0.5, 0.6) is 0 Å². The van der Waals surface area contributed by atoms with Crippen LogP contribution in [0.15, 0.2) is 12.2 Å². The zero-order valence-electron chi connectivity index (χ0n) is 48.9. The first-order valence-corrected chi connectivity index (χ1v) is 30.3. The van der Waals surface area contributed by atoms with Gasteiger partial charge in [-0.3, -0.25) is 4.79 Å². The van der Waals surface area contributed by atoms with E-state index in [2.05, 4.69) is 13.5 Å². The predicted octanol–water partition coefficient (Wildman–Crippen LogP) is -8.44. The first-order chi connectivity index (χ1) is 41.6. The van der Waals surface area contributed by atoms with Gasteiger partial charge in [-0.2, -0.15) is 0 Å². The van der Waals surface area contributed by atoms with Crippen molar-refractivity contribution >= 4 is 5.97 Å². The van der Waals surface area contributed by atoms with Crippen molar-refractivity contribution in [1.29, 1.82) is 0 Å². The topological polar surface area (TPSA) is 512 Å². The number of fused-ring (bicyclic) bond motifs is 3. The van der Waals surface area contributed by atoms with E-state index in [0.717, 1.165) is 0 Å². The highest BCUT2D eigenvalue weighted by Crippen LogP contribution is 2.74. The Balaban J connectivity index is 0.919. The molecule has 32 heteroatoms. The van der Waals surface area contributed by atoms with Gasteiger partial charge in [0.2, 0.25) is 6.29 Å². The van der Waals surface area contributed by atoms with Crippen molar-refractivity contribution in [3.8, 4) is 0 Å². The van der Waals surface area contributed by atoms with Gasteiger partial charge in [-0.25, -0.2) is 0 Å². The molecule has 32 unspecified atom stereocenters. The lowest BCUT2D eigenvalue weighted by Crippen LogP contribution is -2.68. The van der Waals surface area contributed by atoms with E-state index in [9.17, 15) is 97.0 Å².